The molecule has 0 fully saturated rings. The molecular formula is C12H11N5O2S. The van der Waals surface area contributed by atoms with Gasteiger partial charge in [-0.3, -0.25) is 15.5 Å². The summed E-state index contributed by atoms with van der Waals surface area (Å²) in [5, 5.41) is 8.80. The van der Waals surface area contributed by atoms with E-state index in [0.717, 1.165) is 0 Å². The summed E-state index contributed by atoms with van der Waals surface area (Å²) in [5.74, 6) is 5.27. The molecule has 7 nitrogen and oxygen atoms in total. The SMILES string of the molecule is N#Cc1cccc(NS(=O)(=O)c2cnccc2NN)c1. The Morgan fingerprint density at radius 3 is 2.80 bits per heavy atom. The van der Waals surface area contributed by atoms with Crippen LogP contribution in [-0.2, 0) is 10.0 Å². The van der Waals surface area contributed by atoms with Crippen molar-refractivity contribution in [1.29, 1.82) is 5.26 Å². The van der Waals surface area contributed by atoms with E-state index < -0.39 is 10.0 Å². The van der Waals surface area contributed by atoms with Gasteiger partial charge in [0.2, 0.25) is 0 Å². The van der Waals surface area contributed by atoms with Crippen LogP contribution in [0.4, 0.5) is 11.4 Å². The molecule has 0 saturated carbocycles. The molecule has 102 valence electrons. The first-order chi connectivity index (χ1) is 9.56. The maximum atomic E-state index is 12.3. The number of nitrogens with one attached hydrogen (secondary N) is 2. The predicted octanol–water partition coefficient (Wildman–Crippen LogP) is 1.04. The molecule has 1 aromatic heterocycles. The Bertz CT molecular complexity index is 767. The highest BCUT2D eigenvalue weighted by Gasteiger charge is 2.18. The van der Waals surface area contributed by atoms with Gasteiger partial charge in [-0.25, -0.2) is 8.42 Å². The summed E-state index contributed by atoms with van der Waals surface area (Å²) in [6.07, 6.45) is 2.61. The lowest BCUT2D eigenvalue weighted by molar-refractivity contribution is 0.601. The van der Waals surface area contributed by atoms with Gasteiger partial charge in [0, 0.05) is 12.4 Å². The molecule has 1 heterocycles. The molecule has 2 aromatic rings. The zero-order valence-corrected chi connectivity index (χ0v) is 11.1. The molecule has 8 heteroatoms. The summed E-state index contributed by atoms with van der Waals surface area (Å²) in [6.45, 7) is 0. The fraction of sp³-hybridized carbons (Fsp3) is 0. The van der Waals surface area contributed by atoms with Crippen LogP contribution in [0.2, 0.25) is 0 Å². The number of sulfonamides is 1. The van der Waals surface area contributed by atoms with Crippen LogP contribution in [0.15, 0.2) is 47.6 Å². The molecule has 2 rings (SSSR count). The van der Waals surface area contributed by atoms with E-state index in [2.05, 4.69) is 15.1 Å². The van der Waals surface area contributed by atoms with E-state index >= 15 is 0 Å². The van der Waals surface area contributed by atoms with Gasteiger partial charge in [0.05, 0.1) is 23.0 Å². The molecule has 0 unspecified atom stereocenters. The Hall–Kier alpha value is -2.63. The van der Waals surface area contributed by atoms with Crippen molar-refractivity contribution in [3.05, 3.63) is 48.3 Å². The largest absolute Gasteiger partial charge is 0.323 e. The normalized spacial score (nSPS) is 10.6. The highest BCUT2D eigenvalue weighted by atomic mass is 32.2. The number of hydrogen-bond acceptors (Lipinski definition) is 6. The third-order valence-electron chi connectivity index (χ3n) is 2.47. The van der Waals surface area contributed by atoms with E-state index in [1.54, 1.807) is 18.2 Å². The molecule has 0 aliphatic heterocycles. The highest BCUT2D eigenvalue weighted by Crippen LogP contribution is 2.22. The van der Waals surface area contributed by atoms with E-state index in [4.69, 9.17) is 11.1 Å². The van der Waals surface area contributed by atoms with Gasteiger partial charge in [0.15, 0.2) is 0 Å². The van der Waals surface area contributed by atoms with Gasteiger partial charge in [-0.05, 0) is 24.3 Å². The van der Waals surface area contributed by atoms with Crippen molar-refractivity contribution in [1.82, 2.24) is 4.98 Å². The molecule has 0 saturated heterocycles. The van der Waals surface area contributed by atoms with Gasteiger partial charge in [0.25, 0.3) is 10.0 Å². The van der Waals surface area contributed by atoms with Crippen LogP contribution in [0.25, 0.3) is 0 Å². The van der Waals surface area contributed by atoms with Crippen LogP contribution in [0.1, 0.15) is 5.56 Å². The molecule has 0 radical (unpaired) electrons. The van der Waals surface area contributed by atoms with Crippen molar-refractivity contribution in [3.63, 3.8) is 0 Å². The molecule has 4 N–H and O–H groups in total. The Morgan fingerprint density at radius 2 is 2.10 bits per heavy atom. The number of anilines is 2. The Morgan fingerprint density at radius 1 is 1.30 bits per heavy atom. The molecular weight excluding hydrogens is 278 g/mol. The molecule has 0 atom stereocenters. The molecule has 0 aliphatic carbocycles. The number of hydrazine groups is 1. The summed E-state index contributed by atoms with van der Waals surface area (Å²) in [5.41, 5.74) is 3.17. The van der Waals surface area contributed by atoms with Crippen molar-refractivity contribution in [2.75, 3.05) is 10.1 Å². The zero-order chi connectivity index (χ0) is 14.6. The van der Waals surface area contributed by atoms with Crippen molar-refractivity contribution < 1.29 is 8.42 Å². The van der Waals surface area contributed by atoms with Gasteiger partial charge in [-0.2, -0.15) is 5.26 Å². The third kappa shape index (κ3) is 2.85. The number of nitrogens with zero attached hydrogens (tertiary/aromatic N) is 2. The molecule has 0 aliphatic rings. The first-order valence-electron chi connectivity index (χ1n) is 5.50. The summed E-state index contributed by atoms with van der Waals surface area (Å²) in [6, 6.07) is 9.52. The smallest absolute Gasteiger partial charge is 0.265 e. The predicted molar refractivity (Wildman–Crippen MR) is 74.0 cm³/mol. The second-order valence-corrected chi connectivity index (χ2v) is 5.47. The molecule has 0 bridgehead atoms. The number of nitrogen functional groups attached to an aromatic ring is 1. The van der Waals surface area contributed by atoms with Crippen LogP contribution >= 0.6 is 0 Å². The van der Waals surface area contributed by atoms with E-state index in [9.17, 15) is 8.42 Å². The molecule has 1 aromatic carbocycles. The Balaban J connectivity index is 2.38. The summed E-state index contributed by atoms with van der Waals surface area (Å²) >= 11 is 0. The highest BCUT2D eigenvalue weighted by molar-refractivity contribution is 7.92. The number of rotatable bonds is 4. The number of hydrogen-bond donors (Lipinski definition) is 3. The summed E-state index contributed by atoms with van der Waals surface area (Å²) in [4.78, 5) is 3.69. The second-order valence-electron chi connectivity index (χ2n) is 3.81. The zero-order valence-electron chi connectivity index (χ0n) is 10.2. The lowest BCUT2D eigenvalue weighted by Gasteiger charge is -2.11. The number of aromatic nitrogens is 1. The van der Waals surface area contributed by atoms with Crippen molar-refractivity contribution >= 4 is 21.4 Å². The number of benzene rings is 1. The minimum absolute atomic E-state index is 0.0788. The van der Waals surface area contributed by atoms with Crippen LogP contribution in [-0.4, -0.2) is 13.4 Å². The lowest BCUT2D eigenvalue weighted by Crippen LogP contribution is -2.17. The Labute approximate surface area is 116 Å². The number of nitriles is 1. The van der Waals surface area contributed by atoms with Crippen LogP contribution in [0.3, 0.4) is 0 Å². The first-order valence-corrected chi connectivity index (χ1v) is 6.99. The maximum Gasteiger partial charge on any atom is 0.265 e. The van der Waals surface area contributed by atoms with Crippen LogP contribution in [0, 0.1) is 11.3 Å². The minimum atomic E-state index is -3.85. The van der Waals surface area contributed by atoms with E-state index in [1.807, 2.05) is 6.07 Å². The van der Waals surface area contributed by atoms with Gasteiger partial charge in [0.1, 0.15) is 4.90 Å². The van der Waals surface area contributed by atoms with Gasteiger partial charge in [-0.1, -0.05) is 6.07 Å². The van der Waals surface area contributed by atoms with Crippen LogP contribution < -0.4 is 16.0 Å². The second kappa shape index (κ2) is 5.56. The standard InChI is InChI=1S/C12H11N5O2S/c13-7-9-2-1-3-10(6-9)17-20(18,19)12-8-15-5-4-11(12)16-14/h1-6,8,17H,14H2,(H,15,16). The summed E-state index contributed by atoms with van der Waals surface area (Å²) in [7, 11) is -3.85. The molecule has 0 amide bonds. The van der Waals surface area contributed by atoms with E-state index in [1.165, 1.54) is 24.5 Å². The van der Waals surface area contributed by atoms with Gasteiger partial charge in [-0.15, -0.1) is 0 Å². The fourth-order valence-electron chi connectivity index (χ4n) is 1.58. The monoisotopic (exact) mass is 289 g/mol. The topological polar surface area (TPSA) is 121 Å². The maximum absolute atomic E-state index is 12.3. The van der Waals surface area contributed by atoms with E-state index in [0.29, 0.717) is 5.56 Å². The molecule has 20 heavy (non-hydrogen) atoms. The van der Waals surface area contributed by atoms with Gasteiger partial charge < -0.3 is 5.43 Å². The number of pyridine rings is 1. The lowest BCUT2D eigenvalue weighted by atomic mass is 10.2. The average molecular weight is 289 g/mol. The quantitative estimate of drug-likeness (QED) is 0.571. The van der Waals surface area contributed by atoms with E-state index in [-0.39, 0.29) is 16.3 Å². The third-order valence-corrected chi connectivity index (χ3v) is 3.88. The summed E-state index contributed by atoms with van der Waals surface area (Å²) < 4.78 is 26.9. The minimum Gasteiger partial charge on any atom is -0.323 e. The first kappa shape index (κ1) is 13.8. The van der Waals surface area contributed by atoms with Crippen LogP contribution in [0.5, 0.6) is 0 Å². The fourth-order valence-corrected chi connectivity index (χ4v) is 2.74. The number of nitrogens with two attached hydrogens (primary N) is 1. The van der Waals surface area contributed by atoms with Crippen molar-refractivity contribution in [2.45, 2.75) is 4.90 Å². The average Bonchev–Trinajstić information content (AvgIpc) is 2.47. The molecule has 0 spiro atoms. The Kier molecular flexibility index (Phi) is 3.84. The van der Waals surface area contributed by atoms with Gasteiger partial charge >= 0.3 is 0 Å². The van der Waals surface area contributed by atoms with Crippen molar-refractivity contribution in [3.8, 4) is 6.07 Å². The van der Waals surface area contributed by atoms with Crippen molar-refractivity contribution in [2.24, 2.45) is 5.84 Å².